The van der Waals surface area contributed by atoms with Gasteiger partial charge in [0.1, 0.15) is 18.3 Å². The number of ether oxygens (including phenoxy) is 1. The normalized spacial score (nSPS) is 29.2. The lowest BCUT2D eigenvalue weighted by Crippen LogP contribution is -2.57. The van der Waals surface area contributed by atoms with Crippen molar-refractivity contribution in [3.63, 3.8) is 0 Å². The highest BCUT2D eigenvalue weighted by atomic mass is 35.5. The Labute approximate surface area is 127 Å². The summed E-state index contributed by atoms with van der Waals surface area (Å²) in [5.41, 5.74) is 0.471. The SMILES string of the molecule is CC1O[C@@](Cn2cncn2)(c2ccc(Cl)cc2Cl)[C@H]1C. The van der Waals surface area contributed by atoms with E-state index < -0.39 is 5.60 Å². The number of nitrogens with zero attached hydrogens (tertiary/aromatic N) is 3. The van der Waals surface area contributed by atoms with Gasteiger partial charge in [-0.2, -0.15) is 5.10 Å². The number of rotatable bonds is 3. The van der Waals surface area contributed by atoms with Crippen molar-refractivity contribution in [3.8, 4) is 0 Å². The molecule has 0 N–H and O–H groups in total. The van der Waals surface area contributed by atoms with E-state index in [1.54, 1.807) is 17.1 Å². The molecule has 0 saturated carbocycles. The topological polar surface area (TPSA) is 39.9 Å². The molecule has 0 bridgehead atoms. The van der Waals surface area contributed by atoms with Crippen LogP contribution in [0.3, 0.4) is 0 Å². The van der Waals surface area contributed by atoms with Crippen molar-refractivity contribution >= 4 is 23.2 Å². The van der Waals surface area contributed by atoms with Crippen molar-refractivity contribution in [2.45, 2.75) is 32.1 Å². The fourth-order valence-electron chi connectivity index (χ4n) is 2.81. The first-order chi connectivity index (χ1) is 9.53. The zero-order chi connectivity index (χ0) is 14.3. The van der Waals surface area contributed by atoms with Crippen LogP contribution in [0.15, 0.2) is 30.9 Å². The molecule has 1 saturated heterocycles. The molecule has 0 radical (unpaired) electrons. The summed E-state index contributed by atoms with van der Waals surface area (Å²) in [4.78, 5) is 3.98. The van der Waals surface area contributed by atoms with E-state index in [0.29, 0.717) is 22.5 Å². The largest absolute Gasteiger partial charge is 0.365 e. The molecule has 20 heavy (non-hydrogen) atoms. The molecule has 1 unspecified atom stereocenters. The third kappa shape index (κ3) is 2.12. The minimum Gasteiger partial charge on any atom is -0.365 e. The molecule has 4 nitrogen and oxygen atoms in total. The molecule has 2 aromatic rings. The maximum absolute atomic E-state index is 6.37. The molecule has 1 aliphatic heterocycles. The molecular weight excluding hydrogens is 297 g/mol. The Bertz CT molecular complexity index is 617. The van der Waals surface area contributed by atoms with Crippen LogP contribution in [-0.4, -0.2) is 20.9 Å². The Kier molecular flexibility index (Phi) is 3.48. The molecule has 3 atom stereocenters. The van der Waals surface area contributed by atoms with E-state index in [1.165, 1.54) is 6.33 Å². The molecule has 1 aromatic heterocycles. The minimum atomic E-state index is -0.477. The van der Waals surface area contributed by atoms with Crippen LogP contribution in [-0.2, 0) is 16.9 Å². The fraction of sp³-hybridized carbons (Fsp3) is 0.429. The summed E-state index contributed by atoms with van der Waals surface area (Å²) in [5, 5.41) is 5.41. The van der Waals surface area contributed by atoms with Crippen molar-refractivity contribution < 1.29 is 4.74 Å². The average Bonchev–Trinajstić information content (AvgIpc) is 2.90. The summed E-state index contributed by atoms with van der Waals surface area (Å²) in [7, 11) is 0. The van der Waals surface area contributed by atoms with Crippen LogP contribution in [0.25, 0.3) is 0 Å². The Balaban J connectivity index is 2.02. The van der Waals surface area contributed by atoms with Gasteiger partial charge in [0.15, 0.2) is 0 Å². The van der Waals surface area contributed by atoms with Crippen molar-refractivity contribution in [2.75, 3.05) is 0 Å². The van der Waals surface area contributed by atoms with Gasteiger partial charge >= 0.3 is 0 Å². The van der Waals surface area contributed by atoms with Gasteiger partial charge in [-0.1, -0.05) is 36.2 Å². The highest BCUT2D eigenvalue weighted by molar-refractivity contribution is 6.35. The summed E-state index contributed by atoms with van der Waals surface area (Å²) in [6.45, 7) is 4.81. The first-order valence-corrected chi connectivity index (χ1v) is 7.24. The molecule has 6 heteroatoms. The van der Waals surface area contributed by atoms with Gasteiger partial charge < -0.3 is 4.74 Å². The zero-order valence-electron chi connectivity index (χ0n) is 11.3. The van der Waals surface area contributed by atoms with E-state index in [9.17, 15) is 0 Å². The standard InChI is InChI=1S/C14H15Cl2N3O/c1-9-10(2)20-14(9,6-19-8-17-7-18-19)12-4-3-11(15)5-13(12)16/h3-5,7-10H,6H2,1-2H3/t9-,10?,14+/m0/s1. The van der Waals surface area contributed by atoms with Crippen LogP contribution < -0.4 is 0 Å². The van der Waals surface area contributed by atoms with Gasteiger partial charge in [0.2, 0.25) is 0 Å². The van der Waals surface area contributed by atoms with Gasteiger partial charge in [0, 0.05) is 21.5 Å². The highest BCUT2D eigenvalue weighted by Crippen LogP contribution is 2.50. The Morgan fingerprint density at radius 2 is 2.15 bits per heavy atom. The van der Waals surface area contributed by atoms with Gasteiger partial charge in [-0.05, 0) is 19.1 Å². The van der Waals surface area contributed by atoms with Crippen LogP contribution in [0.4, 0.5) is 0 Å². The first kappa shape index (κ1) is 13.9. The summed E-state index contributed by atoms with van der Waals surface area (Å²) in [6.07, 6.45) is 3.39. The molecular formula is C14H15Cl2N3O. The zero-order valence-corrected chi connectivity index (χ0v) is 12.8. The van der Waals surface area contributed by atoms with Crippen molar-refractivity contribution in [2.24, 2.45) is 5.92 Å². The Morgan fingerprint density at radius 3 is 2.70 bits per heavy atom. The molecule has 1 aliphatic rings. The lowest BCUT2D eigenvalue weighted by molar-refractivity contribution is -0.263. The second kappa shape index (κ2) is 5.02. The molecule has 0 amide bonds. The molecule has 1 aromatic carbocycles. The number of hydrogen-bond donors (Lipinski definition) is 0. The number of benzene rings is 1. The maximum atomic E-state index is 6.37. The average molecular weight is 312 g/mol. The number of aromatic nitrogens is 3. The van der Waals surface area contributed by atoms with E-state index in [2.05, 4.69) is 23.9 Å². The predicted molar refractivity (Wildman–Crippen MR) is 77.9 cm³/mol. The van der Waals surface area contributed by atoms with E-state index in [4.69, 9.17) is 27.9 Å². The third-order valence-electron chi connectivity index (χ3n) is 4.09. The molecule has 3 rings (SSSR count). The predicted octanol–water partition coefficient (Wildman–Crippen LogP) is 3.54. The van der Waals surface area contributed by atoms with Gasteiger partial charge in [0.25, 0.3) is 0 Å². The summed E-state index contributed by atoms with van der Waals surface area (Å²) in [5.74, 6) is 0.324. The molecule has 0 aliphatic carbocycles. The summed E-state index contributed by atoms with van der Waals surface area (Å²) >= 11 is 12.4. The Hall–Kier alpha value is -1.10. The van der Waals surface area contributed by atoms with Gasteiger partial charge in [0.05, 0.1) is 12.6 Å². The van der Waals surface area contributed by atoms with Crippen molar-refractivity contribution in [1.29, 1.82) is 0 Å². The molecule has 1 fully saturated rings. The first-order valence-electron chi connectivity index (χ1n) is 6.49. The smallest absolute Gasteiger partial charge is 0.137 e. The second-order valence-electron chi connectivity index (χ2n) is 5.22. The van der Waals surface area contributed by atoms with Crippen LogP contribution in [0.2, 0.25) is 10.0 Å². The van der Waals surface area contributed by atoms with E-state index in [1.807, 2.05) is 12.1 Å². The van der Waals surface area contributed by atoms with Crippen LogP contribution in [0.1, 0.15) is 19.4 Å². The lowest BCUT2D eigenvalue weighted by Gasteiger charge is -2.53. The summed E-state index contributed by atoms with van der Waals surface area (Å²) in [6, 6.07) is 5.52. The fourth-order valence-corrected chi connectivity index (χ4v) is 3.38. The van der Waals surface area contributed by atoms with Gasteiger partial charge in [-0.3, -0.25) is 0 Å². The number of hydrogen-bond acceptors (Lipinski definition) is 3. The monoisotopic (exact) mass is 311 g/mol. The summed E-state index contributed by atoms with van der Waals surface area (Å²) < 4.78 is 7.87. The second-order valence-corrected chi connectivity index (χ2v) is 6.06. The van der Waals surface area contributed by atoms with E-state index in [0.717, 1.165) is 5.56 Å². The maximum Gasteiger partial charge on any atom is 0.137 e. The van der Waals surface area contributed by atoms with Gasteiger partial charge in [-0.25, -0.2) is 9.67 Å². The number of halogens is 2. The van der Waals surface area contributed by atoms with Crippen molar-refractivity contribution in [1.82, 2.24) is 14.8 Å². The van der Waals surface area contributed by atoms with Crippen LogP contribution in [0.5, 0.6) is 0 Å². The van der Waals surface area contributed by atoms with E-state index >= 15 is 0 Å². The lowest BCUT2D eigenvalue weighted by atomic mass is 9.74. The third-order valence-corrected chi connectivity index (χ3v) is 4.63. The Morgan fingerprint density at radius 1 is 1.35 bits per heavy atom. The minimum absolute atomic E-state index is 0.185. The molecule has 106 valence electrons. The van der Waals surface area contributed by atoms with Crippen molar-refractivity contribution in [3.05, 3.63) is 46.5 Å². The van der Waals surface area contributed by atoms with Crippen LogP contribution in [0, 0.1) is 5.92 Å². The molecule has 2 heterocycles. The van der Waals surface area contributed by atoms with Gasteiger partial charge in [-0.15, -0.1) is 0 Å². The highest BCUT2D eigenvalue weighted by Gasteiger charge is 2.53. The van der Waals surface area contributed by atoms with E-state index in [-0.39, 0.29) is 6.10 Å². The van der Waals surface area contributed by atoms with Crippen LogP contribution >= 0.6 is 23.2 Å². The molecule has 0 spiro atoms. The quantitative estimate of drug-likeness (QED) is 0.870.